The molecule has 1 unspecified atom stereocenters. The lowest BCUT2D eigenvalue weighted by atomic mass is 9.86. The quantitative estimate of drug-likeness (QED) is 0.666. The fourth-order valence-electron chi connectivity index (χ4n) is 2.62. The Labute approximate surface area is 147 Å². The van der Waals surface area contributed by atoms with Crippen molar-refractivity contribution in [3.8, 4) is 5.69 Å². The highest BCUT2D eigenvalue weighted by atomic mass is 19.1. The summed E-state index contributed by atoms with van der Waals surface area (Å²) in [4.78, 5) is 37.1. The van der Waals surface area contributed by atoms with Crippen molar-refractivity contribution in [3.63, 3.8) is 0 Å². The van der Waals surface area contributed by atoms with Crippen LogP contribution in [0.2, 0.25) is 0 Å². The topological polar surface area (TPSA) is 118 Å². The third kappa shape index (κ3) is 3.13. The molecule has 2 heterocycles. The molecule has 1 fully saturated rings. The third-order valence-electron chi connectivity index (χ3n) is 4.26. The number of nitrogens with one attached hydrogen (secondary N) is 3. The minimum Gasteiger partial charge on any atom is -0.348 e. The van der Waals surface area contributed by atoms with Crippen LogP contribution in [0.25, 0.3) is 5.69 Å². The summed E-state index contributed by atoms with van der Waals surface area (Å²) in [6.45, 7) is 3.44. The summed E-state index contributed by atoms with van der Waals surface area (Å²) in [5.74, 6) is -1.68. The molecule has 1 atom stereocenters. The molecule has 0 spiro atoms. The number of urea groups is 1. The third-order valence-corrected chi connectivity index (χ3v) is 4.26. The van der Waals surface area contributed by atoms with Gasteiger partial charge in [0.25, 0.3) is 11.8 Å². The van der Waals surface area contributed by atoms with Crippen LogP contribution in [0.1, 0.15) is 24.3 Å². The molecule has 9 nitrogen and oxygen atoms in total. The largest absolute Gasteiger partial charge is 0.348 e. The van der Waals surface area contributed by atoms with Crippen molar-refractivity contribution in [1.82, 2.24) is 30.9 Å². The molecular formula is C16H17FN6O3. The zero-order valence-electron chi connectivity index (χ0n) is 14.1. The van der Waals surface area contributed by atoms with E-state index in [1.54, 1.807) is 13.8 Å². The summed E-state index contributed by atoms with van der Waals surface area (Å²) in [6, 6.07) is 4.87. The summed E-state index contributed by atoms with van der Waals surface area (Å²) >= 11 is 0. The Kier molecular flexibility index (Phi) is 4.41. The van der Waals surface area contributed by atoms with Gasteiger partial charge in [-0.15, -0.1) is 5.10 Å². The molecule has 3 N–H and O–H groups in total. The molecule has 0 saturated carbocycles. The van der Waals surface area contributed by atoms with E-state index in [2.05, 4.69) is 26.1 Å². The molecule has 1 aliphatic rings. The molecule has 2 aromatic rings. The summed E-state index contributed by atoms with van der Waals surface area (Å²) in [7, 11) is 0. The van der Waals surface area contributed by atoms with Crippen molar-refractivity contribution in [2.45, 2.75) is 19.4 Å². The van der Waals surface area contributed by atoms with Crippen molar-refractivity contribution >= 4 is 17.8 Å². The number of rotatable bonds is 5. The maximum Gasteiger partial charge on any atom is 0.322 e. The van der Waals surface area contributed by atoms with E-state index in [1.165, 1.54) is 35.3 Å². The SMILES string of the molecule is CC(C)C1(CNC(=O)c2cnn(-c3ccc(F)cc3)n2)NC(=O)NC1=O. The van der Waals surface area contributed by atoms with Crippen LogP contribution in [-0.2, 0) is 4.79 Å². The van der Waals surface area contributed by atoms with Crippen LogP contribution in [0.5, 0.6) is 0 Å². The first kappa shape index (κ1) is 17.5. The number of halogens is 1. The number of nitrogens with zero attached hydrogens (tertiary/aromatic N) is 3. The summed E-state index contributed by atoms with van der Waals surface area (Å²) in [6.07, 6.45) is 1.26. The summed E-state index contributed by atoms with van der Waals surface area (Å²) in [5, 5.41) is 15.4. The van der Waals surface area contributed by atoms with Crippen molar-refractivity contribution < 1.29 is 18.8 Å². The zero-order valence-corrected chi connectivity index (χ0v) is 14.1. The number of hydrogen-bond donors (Lipinski definition) is 3. The van der Waals surface area contributed by atoms with Gasteiger partial charge in [0.1, 0.15) is 11.4 Å². The van der Waals surface area contributed by atoms with Gasteiger partial charge in [-0.3, -0.25) is 14.9 Å². The molecule has 4 amide bonds. The Bertz CT molecular complexity index is 863. The maximum atomic E-state index is 13.0. The van der Waals surface area contributed by atoms with Gasteiger partial charge in [-0.1, -0.05) is 13.8 Å². The molecule has 1 aliphatic heterocycles. The van der Waals surface area contributed by atoms with E-state index in [-0.39, 0.29) is 18.2 Å². The molecule has 1 aromatic heterocycles. The lowest BCUT2D eigenvalue weighted by Gasteiger charge is -2.30. The van der Waals surface area contributed by atoms with E-state index in [0.29, 0.717) is 5.69 Å². The number of aromatic nitrogens is 3. The van der Waals surface area contributed by atoms with E-state index in [0.717, 1.165) is 0 Å². The van der Waals surface area contributed by atoms with E-state index in [1.807, 2.05) is 0 Å². The number of carbonyl (C=O) groups excluding carboxylic acids is 3. The number of benzene rings is 1. The summed E-state index contributed by atoms with van der Waals surface area (Å²) < 4.78 is 13.0. The summed E-state index contributed by atoms with van der Waals surface area (Å²) in [5.41, 5.74) is -0.704. The van der Waals surface area contributed by atoms with Crippen LogP contribution < -0.4 is 16.0 Å². The van der Waals surface area contributed by atoms with Crippen LogP contribution in [0, 0.1) is 11.7 Å². The molecule has 0 bridgehead atoms. The van der Waals surface area contributed by atoms with Gasteiger partial charge in [-0.25, -0.2) is 9.18 Å². The van der Waals surface area contributed by atoms with Crippen molar-refractivity contribution in [2.24, 2.45) is 5.92 Å². The van der Waals surface area contributed by atoms with Gasteiger partial charge in [-0.2, -0.15) is 9.90 Å². The molecule has 1 aromatic carbocycles. The first-order valence-corrected chi connectivity index (χ1v) is 7.92. The van der Waals surface area contributed by atoms with Gasteiger partial charge in [-0.05, 0) is 30.2 Å². The minimum atomic E-state index is -1.22. The lowest BCUT2D eigenvalue weighted by Crippen LogP contribution is -2.58. The second-order valence-electron chi connectivity index (χ2n) is 6.21. The second-order valence-corrected chi connectivity index (χ2v) is 6.21. The van der Waals surface area contributed by atoms with Gasteiger partial charge in [0.15, 0.2) is 5.69 Å². The van der Waals surface area contributed by atoms with Gasteiger partial charge in [0.2, 0.25) is 0 Å². The van der Waals surface area contributed by atoms with E-state index >= 15 is 0 Å². The molecule has 1 saturated heterocycles. The Hall–Kier alpha value is -3.30. The predicted molar refractivity (Wildman–Crippen MR) is 87.9 cm³/mol. The van der Waals surface area contributed by atoms with Gasteiger partial charge in [0, 0.05) is 0 Å². The minimum absolute atomic E-state index is 0.0259. The van der Waals surface area contributed by atoms with Crippen LogP contribution >= 0.6 is 0 Å². The highest BCUT2D eigenvalue weighted by Gasteiger charge is 2.48. The molecule has 0 aliphatic carbocycles. The molecular weight excluding hydrogens is 343 g/mol. The average molecular weight is 360 g/mol. The highest BCUT2D eigenvalue weighted by Crippen LogP contribution is 2.20. The number of hydrogen-bond acceptors (Lipinski definition) is 5. The molecule has 3 rings (SSSR count). The Balaban J connectivity index is 1.71. The molecule has 0 radical (unpaired) electrons. The molecule has 26 heavy (non-hydrogen) atoms. The lowest BCUT2D eigenvalue weighted by molar-refractivity contribution is -0.125. The van der Waals surface area contributed by atoms with Crippen LogP contribution in [0.15, 0.2) is 30.5 Å². The van der Waals surface area contributed by atoms with Gasteiger partial charge >= 0.3 is 6.03 Å². The number of carbonyl (C=O) groups is 3. The van der Waals surface area contributed by atoms with Gasteiger partial charge in [0.05, 0.1) is 18.4 Å². The Morgan fingerprint density at radius 2 is 2.00 bits per heavy atom. The normalized spacial score (nSPS) is 19.4. The number of amides is 4. The second kappa shape index (κ2) is 6.54. The zero-order chi connectivity index (χ0) is 18.9. The van der Waals surface area contributed by atoms with Crippen molar-refractivity contribution in [3.05, 3.63) is 42.0 Å². The Morgan fingerprint density at radius 1 is 1.31 bits per heavy atom. The van der Waals surface area contributed by atoms with Gasteiger partial charge < -0.3 is 10.6 Å². The van der Waals surface area contributed by atoms with Crippen molar-refractivity contribution in [2.75, 3.05) is 6.54 Å². The van der Waals surface area contributed by atoms with E-state index < -0.39 is 29.2 Å². The van der Waals surface area contributed by atoms with Crippen LogP contribution in [-0.4, -0.2) is 44.9 Å². The smallest absolute Gasteiger partial charge is 0.322 e. The molecule has 10 heteroatoms. The maximum absolute atomic E-state index is 13.0. The van der Waals surface area contributed by atoms with Crippen molar-refractivity contribution in [1.29, 1.82) is 0 Å². The first-order chi connectivity index (χ1) is 12.3. The molecule has 136 valence electrons. The van der Waals surface area contributed by atoms with Crippen LogP contribution in [0.4, 0.5) is 9.18 Å². The Morgan fingerprint density at radius 3 is 2.58 bits per heavy atom. The highest BCUT2D eigenvalue weighted by molar-refractivity contribution is 6.07. The van der Waals surface area contributed by atoms with Crippen LogP contribution in [0.3, 0.4) is 0 Å². The van der Waals surface area contributed by atoms with E-state index in [9.17, 15) is 18.8 Å². The average Bonchev–Trinajstić information content (AvgIpc) is 3.18. The fraction of sp³-hybridized carbons (Fsp3) is 0.312. The monoisotopic (exact) mass is 360 g/mol. The fourth-order valence-corrected chi connectivity index (χ4v) is 2.62. The first-order valence-electron chi connectivity index (χ1n) is 7.92. The predicted octanol–water partition coefficient (Wildman–Crippen LogP) is 0.370. The number of imide groups is 1. The van der Waals surface area contributed by atoms with E-state index in [4.69, 9.17) is 0 Å². The standard InChI is InChI=1S/C16H17FN6O3/c1-9(2)16(14(25)20-15(26)21-16)8-18-13(24)12-7-19-23(22-12)11-5-3-10(17)4-6-11/h3-7,9H,8H2,1-2H3,(H,18,24)(H2,20,21,25,26).